The Morgan fingerprint density at radius 2 is 1.91 bits per heavy atom. The standard InChI is InChI=1S/C17H14O5S/c1-22-15-7-6-11(9-14(15)18)8-12-10-23(20,21)16-5-3-2-4-13(16)17(12)19/h2-9,18H,10H2,1H3/b12-8-. The van der Waals surface area contributed by atoms with Gasteiger partial charge in [0.05, 0.1) is 17.8 Å². The number of hydrogen-bond donors (Lipinski definition) is 1. The van der Waals surface area contributed by atoms with Gasteiger partial charge in [-0.05, 0) is 35.9 Å². The lowest BCUT2D eigenvalue weighted by molar-refractivity contribution is 0.103. The van der Waals surface area contributed by atoms with Crippen LogP contribution in [0.5, 0.6) is 11.5 Å². The van der Waals surface area contributed by atoms with Crippen molar-refractivity contribution in [3.8, 4) is 11.5 Å². The van der Waals surface area contributed by atoms with Gasteiger partial charge in [0.15, 0.2) is 27.1 Å². The van der Waals surface area contributed by atoms with Crippen LogP contribution in [-0.4, -0.2) is 32.2 Å². The zero-order valence-corrected chi connectivity index (χ0v) is 13.1. The third kappa shape index (κ3) is 2.73. The largest absolute Gasteiger partial charge is 0.504 e. The monoisotopic (exact) mass is 330 g/mol. The summed E-state index contributed by atoms with van der Waals surface area (Å²) in [6, 6.07) is 10.8. The van der Waals surface area contributed by atoms with E-state index in [0.29, 0.717) is 11.3 Å². The van der Waals surface area contributed by atoms with Gasteiger partial charge in [0.25, 0.3) is 0 Å². The molecular weight excluding hydrogens is 316 g/mol. The molecule has 0 aliphatic carbocycles. The van der Waals surface area contributed by atoms with Crippen LogP contribution in [0.3, 0.4) is 0 Å². The van der Waals surface area contributed by atoms with Gasteiger partial charge in [-0.15, -0.1) is 0 Å². The number of phenols is 1. The van der Waals surface area contributed by atoms with Gasteiger partial charge in [0, 0.05) is 11.1 Å². The van der Waals surface area contributed by atoms with Gasteiger partial charge >= 0.3 is 0 Å². The van der Waals surface area contributed by atoms with E-state index in [1.807, 2.05) is 0 Å². The number of sulfone groups is 1. The Balaban J connectivity index is 2.08. The second-order valence-electron chi connectivity index (χ2n) is 5.19. The quantitative estimate of drug-likeness (QED) is 0.856. The van der Waals surface area contributed by atoms with E-state index in [1.165, 1.54) is 31.4 Å². The van der Waals surface area contributed by atoms with E-state index in [0.717, 1.165) is 0 Å². The van der Waals surface area contributed by atoms with Crippen LogP contribution in [0.1, 0.15) is 15.9 Å². The van der Waals surface area contributed by atoms with Crippen molar-refractivity contribution in [1.29, 1.82) is 0 Å². The highest BCUT2D eigenvalue weighted by Crippen LogP contribution is 2.31. The van der Waals surface area contributed by atoms with Crippen LogP contribution in [0.25, 0.3) is 6.08 Å². The van der Waals surface area contributed by atoms with Crippen LogP contribution in [0, 0.1) is 0 Å². The van der Waals surface area contributed by atoms with Crippen LogP contribution in [0.2, 0.25) is 0 Å². The molecule has 0 radical (unpaired) electrons. The second kappa shape index (κ2) is 5.55. The Labute approximate surface area is 133 Å². The van der Waals surface area contributed by atoms with Crippen molar-refractivity contribution in [1.82, 2.24) is 0 Å². The first-order chi connectivity index (χ1) is 10.9. The van der Waals surface area contributed by atoms with Crippen molar-refractivity contribution >= 4 is 21.7 Å². The Morgan fingerprint density at radius 3 is 2.61 bits per heavy atom. The number of benzene rings is 2. The fourth-order valence-corrected chi connectivity index (χ4v) is 4.11. The van der Waals surface area contributed by atoms with Gasteiger partial charge < -0.3 is 9.84 Å². The van der Waals surface area contributed by atoms with Crippen LogP contribution >= 0.6 is 0 Å². The molecular formula is C17H14O5S. The van der Waals surface area contributed by atoms with E-state index >= 15 is 0 Å². The third-order valence-corrected chi connectivity index (χ3v) is 5.36. The summed E-state index contributed by atoms with van der Waals surface area (Å²) in [4.78, 5) is 12.6. The van der Waals surface area contributed by atoms with E-state index in [2.05, 4.69) is 0 Å². The van der Waals surface area contributed by atoms with Crippen molar-refractivity contribution in [2.24, 2.45) is 0 Å². The van der Waals surface area contributed by atoms with E-state index < -0.39 is 9.84 Å². The SMILES string of the molecule is COc1ccc(/C=C2/CS(=O)(=O)c3ccccc3C2=O)cc1O. The topological polar surface area (TPSA) is 80.7 Å². The average molecular weight is 330 g/mol. The van der Waals surface area contributed by atoms with Crippen molar-refractivity contribution in [2.75, 3.05) is 12.9 Å². The summed E-state index contributed by atoms with van der Waals surface area (Å²) in [6.45, 7) is 0. The fraction of sp³-hybridized carbons (Fsp3) is 0.118. The summed E-state index contributed by atoms with van der Waals surface area (Å²) in [6.07, 6.45) is 1.48. The van der Waals surface area contributed by atoms with Crippen LogP contribution in [-0.2, 0) is 9.84 Å². The molecule has 2 aromatic rings. The summed E-state index contributed by atoms with van der Waals surface area (Å²) in [5.74, 6) is -0.436. The molecule has 0 saturated carbocycles. The third-order valence-electron chi connectivity index (χ3n) is 3.65. The maximum Gasteiger partial charge on any atom is 0.191 e. The first-order valence-electron chi connectivity index (χ1n) is 6.86. The molecule has 23 heavy (non-hydrogen) atoms. The van der Waals surface area contributed by atoms with E-state index in [9.17, 15) is 18.3 Å². The van der Waals surface area contributed by atoms with Crippen molar-refractivity contribution in [3.63, 3.8) is 0 Å². The van der Waals surface area contributed by atoms with Crippen molar-refractivity contribution < 1.29 is 23.1 Å². The minimum absolute atomic E-state index is 0.0692. The molecule has 0 saturated heterocycles. The van der Waals surface area contributed by atoms with Gasteiger partial charge in [-0.1, -0.05) is 18.2 Å². The van der Waals surface area contributed by atoms with Gasteiger partial charge in [0.2, 0.25) is 0 Å². The molecule has 0 amide bonds. The Morgan fingerprint density at radius 1 is 1.17 bits per heavy atom. The molecule has 118 valence electrons. The van der Waals surface area contributed by atoms with Gasteiger partial charge in [-0.25, -0.2) is 8.42 Å². The van der Waals surface area contributed by atoms with Crippen LogP contribution in [0.15, 0.2) is 52.9 Å². The highest BCUT2D eigenvalue weighted by atomic mass is 32.2. The van der Waals surface area contributed by atoms with E-state index in [-0.39, 0.29) is 33.3 Å². The molecule has 0 bridgehead atoms. The number of carbonyl (C=O) groups excluding carboxylic acids is 1. The molecule has 1 heterocycles. The molecule has 6 heteroatoms. The lowest BCUT2D eigenvalue weighted by atomic mass is 10.0. The number of Topliss-reactive ketones (excluding diaryl/α,β-unsaturated/α-hetero) is 1. The van der Waals surface area contributed by atoms with Gasteiger partial charge in [-0.3, -0.25) is 4.79 Å². The first-order valence-corrected chi connectivity index (χ1v) is 8.51. The van der Waals surface area contributed by atoms with Gasteiger partial charge in [-0.2, -0.15) is 0 Å². The normalized spacial score (nSPS) is 17.8. The maximum atomic E-state index is 12.5. The number of carbonyl (C=O) groups is 1. The zero-order valence-electron chi connectivity index (χ0n) is 12.3. The molecule has 0 spiro atoms. The van der Waals surface area contributed by atoms with E-state index in [4.69, 9.17) is 4.74 Å². The highest BCUT2D eigenvalue weighted by Gasteiger charge is 2.32. The summed E-state index contributed by atoms with van der Waals surface area (Å²) in [7, 11) is -2.11. The molecule has 0 unspecified atom stereocenters. The number of fused-ring (bicyclic) bond motifs is 1. The maximum absolute atomic E-state index is 12.5. The highest BCUT2D eigenvalue weighted by molar-refractivity contribution is 7.91. The van der Waals surface area contributed by atoms with Crippen LogP contribution in [0.4, 0.5) is 0 Å². The molecule has 5 nitrogen and oxygen atoms in total. The minimum Gasteiger partial charge on any atom is -0.504 e. The Kier molecular flexibility index (Phi) is 3.69. The Bertz CT molecular complexity index is 926. The second-order valence-corrected chi connectivity index (χ2v) is 7.14. The molecule has 3 rings (SSSR count). The number of ketones is 1. The number of ether oxygens (including phenoxy) is 1. The summed E-state index contributed by atoms with van der Waals surface area (Å²) in [5, 5.41) is 9.79. The fourth-order valence-electron chi connectivity index (χ4n) is 2.55. The van der Waals surface area contributed by atoms with Crippen molar-refractivity contribution in [3.05, 3.63) is 59.2 Å². The van der Waals surface area contributed by atoms with Gasteiger partial charge in [0.1, 0.15) is 0 Å². The molecule has 1 aliphatic rings. The molecule has 0 aromatic heterocycles. The molecule has 1 aliphatic heterocycles. The smallest absolute Gasteiger partial charge is 0.191 e. The predicted octanol–water partition coefficient (Wildman–Crippen LogP) is 2.45. The molecule has 2 aromatic carbocycles. The van der Waals surface area contributed by atoms with E-state index in [1.54, 1.807) is 24.3 Å². The molecule has 0 fully saturated rings. The first kappa shape index (κ1) is 15.3. The van der Waals surface area contributed by atoms with Crippen LogP contribution < -0.4 is 4.74 Å². The lowest BCUT2D eigenvalue weighted by Gasteiger charge is -2.17. The average Bonchev–Trinajstić information content (AvgIpc) is 2.52. The lowest BCUT2D eigenvalue weighted by Crippen LogP contribution is -2.24. The predicted molar refractivity (Wildman–Crippen MR) is 85.5 cm³/mol. The number of aromatic hydroxyl groups is 1. The summed E-state index contributed by atoms with van der Waals surface area (Å²) >= 11 is 0. The van der Waals surface area contributed by atoms with Crippen molar-refractivity contribution in [2.45, 2.75) is 4.90 Å². The number of hydrogen-bond acceptors (Lipinski definition) is 5. The minimum atomic E-state index is -3.54. The summed E-state index contributed by atoms with van der Waals surface area (Å²) in [5.41, 5.74) is 0.886. The number of rotatable bonds is 2. The number of phenolic OH excluding ortho intramolecular Hbond substituents is 1. The molecule has 0 atom stereocenters. The molecule has 1 N–H and O–H groups in total. The Hall–Kier alpha value is -2.60. The zero-order chi connectivity index (χ0) is 16.6. The summed E-state index contributed by atoms with van der Waals surface area (Å²) < 4.78 is 29.6. The number of methoxy groups -OCH3 is 1.